The number of rotatable bonds is 6. The van der Waals surface area contributed by atoms with Gasteiger partial charge in [-0.3, -0.25) is 9.69 Å². The molecule has 1 aromatic rings. The van der Waals surface area contributed by atoms with Gasteiger partial charge in [0.25, 0.3) is 0 Å². The Balaban J connectivity index is 1.57. The van der Waals surface area contributed by atoms with Gasteiger partial charge < -0.3 is 4.90 Å². The predicted octanol–water partition coefficient (Wildman–Crippen LogP) is 1.48. The number of carbonyl (C=O) groups excluding carboxylic acids is 1. The van der Waals surface area contributed by atoms with Crippen molar-refractivity contribution in [1.82, 2.24) is 14.1 Å². The lowest BCUT2D eigenvalue weighted by Gasteiger charge is -2.34. The van der Waals surface area contributed by atoms with Gasteiger partial charge in [-0.05, 0) is 49.8 Å². The van der Waals surface area contributed by atoms with E-state index < -0.39 is 10.0 Å². The summed E-state index contributed by atoms with van der Waals surface area (Å²) in [6, 6.07) is 5.52. The first kappa shape index (κ1) is 19.3. The number of piperazine rings is 1. The van der Waals surface area contributed by atoms with Gasteiger partial charge in [-0.15, -0.1) is 0 Å². The number of sulfonamides is 1. The van der Waals surface area contributed by atoms with Crippen molar-refractivity contribution in [3.63, 3.8) is 0 Å². The number of hydrogen-bond acceptors (Lipinski definition) is 4. The maximum absolute atomic E-state index is 13.0. The molecule has 1 aliphatic carbocycles. The molecule has 0 aromatic heterocycles. The normalized spacial score (nSPS) is 19.5. The third-order valence-electron chi connectivity index (χ3n) is 5.31. The van der Waals surface area contributed by atoms with Crippen LogP contribution >= 0.6 is 0 Å². The monoisotopic (exact) mass is 379 g/mol. The maximum atomic E-state index is 13.0. The van der Waals surface area contributed by atoms with Gasteiger partial charge in [0.15, 0.2) is 0 Å². The number of nitrogens with zero attached hydrogens (tertiary/aromatic N) is 3. The van der Waals surface area contributed by atoms with Gasteiger partial charge in [0.05, 0.1) is 11.4 Å². The molecule has 0 bridgehead atoms. The summed E-state index contributed by atoms with van der Waals surface area (Å²) in [5.41, 5.74) is 1.71. The van der Waals surface area contributed by atoms with E-state index in [9.17, 15) is 13.2 Å². The van der Waals surface area contributed by atoms with Gasteiger partial charge in [0.2, 0.25) is 15.9 Å². The lowest BCUT2D eigenvalue weighted by molar-refractivity contribution is -0.131. The number of hydrogen-bond donors (Lipinski definition) is 0. The summed E-state index contributed by atoms with van der Waals surface area (Å²) < 4.78 is 27.5. The minimum atomic E-state index is -3.48. The van der Waals surface area contributed by atoms with E-state index in [0.717, 1.165) is 17.7 Å². The molecule has 0 N–H and O–H groups in total. The van der Waals surface area contributed by atoms with E-state index in [-0.39, 0.29) is 5.91 Å². The first-order chi connectivity index (χ1) is 12.3. The number of aryl methyl sites for hydroxylation is 2. The molecule has 0 atom stereocenters. The van der Waals surface area contributed by atoms with Gasteiger partial charge in [0, 0.05) is 39.8 Å². The molecule has 7 heteroatoms. The summed E-state index contributed by atoms with van der Waals surface area (Å²) in [7, 11) is -1.62. The van der Waals surface area contributed by atoms with Gasteiger partial charge in [-0.2, -0.15) is 4.31 Å². The lowest BCUT2D eigenvalue weighted by Crippen LogP contribution is -2.51. The molecule has 2 aliphatic rings. The van der Waals surface area contributed by atoms with Crippen molar-refractivity contribution in [1.29, 1.82) is 0 Å². The molecule has 3 rings (SSSR count). The van der Waals surface area contributed by atoms with Crippen molar-refractivity contribution in [2.75, 3.05) is 46.3 Å². The second kappa shape index (κ2) is 7.66. The molecule has 1 amide bonds. The van der Waals surface area contributed by atoms with Crippen molar-refractivity contribution in [3.8, 4) is 0 Å². The molecule has 1 aliphatic heterocycles. The van der Waals surface area contributed by atoms with Crippen molar-refractivity contribution in [2.45, 2.75) is 31.6 Å². The molecular formula is C19H29N3O3S. The van der Waals surface area contributed by atoms with Crippen LogP contribution in [0.2, 0.25) is 0 Å². The molecule has 0 spiro atoms. The van der Waals surface area contributed by atoms with Crippen LogP contribution in [-0.4, -0.2) is 74.7 Å². The summed E-state index contributed by atoms with van der Waals surface area (Å²) in [6.07, 6.45) is 2.46. The van der Waals surface area contributed by atoms with Crippen LogP contribution in [0.1, 0.15) is 24.0 Å². The number of carbonyl (C=O) groups is 1. The van der Waals surface area contributed by atoms with Crippen LogP contribution in [0.3, 0.4) is 0 Å². The Morgan fingerprint density at radius 3 is 2.42 bits per heavy atom. The van der Waals surface area contributed by atoms with Crippen LogP contribution < -0.4 is 0 Å². The van der Waals surface area contributed by atoms with E-state index in [2.05, 4.69) is 4.90 Å². The van der Waals surface area contributed by atoms with Crippen molar-refractivity contribution < 1.29 is 13.2 Å². The molecule has 0 radical (unpaired) electrons. The summed E-state index contributed by atoms with van der Waals surface area (Å²) in [4.78, 5) is 16.6. The second-order valence-corrected chi connectivity index (χ2v) is 9.57. The molecule has 1 saturated heterocycles. The lowest BCUT2D eigenvalue weighted by atomic mass is 10.2. The maximum Gasteiger partial charge on any atom is 0.243 e. The zero-order valence-electron chi connectivity index (χ0n) is 15.9. The quantitative estimate of drug-likeness (QED) is 0.751. The predicted molar refractivity (Wildman–Crippen MR) is 101 cm³/mol. The van der Waals surface area contributed by atoms with Crippen LogP contribution in [0, 0.1) is 19.8 Å². The average Bonchev–Trinajstić information content (AvgIpc) is 3.41. The largest absolute Gasteiger partial charge is 0.344 e. The third kappa shape index (κ3) is 4.45. The highest BCUT2D eigenvalue weighted by Gasteiger charge is 2.31. The zero-order valence-corrected chi connectivity index (χ0v) is 16.8. The van der Waals surface area contributed by atoms with Gasteiger partial charge in [-0.25, -0.2) is 8.42 Å². The molecule has 2 fully saturated rings. The average molecular weight is 380 g/mol. The number of benzene rings is 1. The Bertz CT molecular complexity index is 766. The van der Waals surface area contributed by atoms with Crippen LogP contribution in [-0.2, 0) is 14.8 Å². The zero-order chi connectivity index (χ0) is 18.9. The minimum absolute atomic E-state index is 0.128. The minimum Gasteiger partial charge on any atom is -0.344 e. The van der Waals surface area contributed by atoms with E-state index in [1.54, 1.807) is 10.4 Å². The Labute approximate surface area is 156 Å². The Morgan fingerprint density at radius 2 is 1.81 bits per heavy atom. The fraction of sp³-hybridized carbons (Fsp3) is 0.632. The first-order valence-electron chi connectivity index (χ1n) is 9.31. The molecule has 6 nitrogen and oxygen atoms in total. The molecular weight excluding hydrogens is 350 g/mol. The fourth-order valence-electron chi connectivity index (χ4n) is 3.35. The summed E-state index contributed by atoms with van der Waals surface area (Å²) in [5.74, 6) is 0.811. The standard InChI is InChI=1S/C19H29N3O3S/c1-15-4-5-16(2)18(12-15)26(24,25)22-10-8-21(9-11-22)14-19(23)20(3)13-17-6-7-17/h4-5,12,17H,6-11,13-14H2,1-3H3. The third-order valence-corrected chi connectivity index (χ3v) is 7.35. The second-order valence-electron chi connectivity index (χ2n) is 7.67. The van der Waals surface area contributed by atoms with Crippen LogP contribution in [0.4, 0.5) is 0 Å². The first-order valence-corrected chi connectivity index (χ1v) is 10.7. The smallest absolute Gasteiger partial charge is 0.243 e. The highest BCUT2D eigenvalue weighted by atomic mass is 32.2. The number of amides is 1. The van der Waals surface area contributed by atoms with Crippen LogP contribution in [0.25, 0.3) is 0 Å². The summed E-state index contributed by atoms with van der Waals surface area (Å²) in [5, 5.41) is 0. The van der Waals surface area contributed by atoms with Crippen LogP contribution in [0.15, 0.2) is 23.1 Å². The van der Waals surface area contributed by atoms with Crippen molar-refractivity contribution in [3.05, 3.63) is 29.3 Å². The van der Waals surface area contributed by atoms with E-state index in [1.165, 1.54) is 12.8 Å². The summed E-state index contributed by atoms with van der Waals surface area (Å²) >= 11 is 0. The molecule has 26 heavy (non-hydrogen) atoms. The Kier molecular flexibility index (Phi) is 5.69. The highest BCUT2D eigenvalue weighted by Crippen LogP contribution is 2.29. The van der Waals surface area contributed by atoms with E-state index >= 15 is 0 Å². The van der Waals surface area contributed by atoms with E-state index in [1.807, 2.05) is 37.9 Å². The molecule has 0 unspecified atom stereocenters. The molecule has 144 valence electrons. The van der Waals surface area contributed by atoms with E-state index in [4.69, 9.17) is 0 Å². The van der Waals surface area contributed by atoms with Gasteiger partial charge in [0.1, 0.15) is 0 Å². The highest BCUT2D eigenvalue weighted by molar-refractivity contribution is 7.89. The summed E-state index contributed by atoms with van der Waals surface area (Å²) in [6.45, 7) is 6.99. The molecule has 1 saturated carbocycles. The van der Waals surface area contributed by atoms with E-state index in [0.29, 0.717) is 43.5 Å². The number of likely N-dealkylation sites (N-methyl/N-ethyl adjacent to an activating group) is 1. The molecule has 1 heterocycles. The fourth-order valence-corrected chi connectivity index (χ4v) is 5.09. The van der Waals surface area contributed by atoms with Gasteiger partial charge in [-0.1, -0.05) is 12.1 Å². The van der Waals surface area contributed by atoms with Crippen LogP contribution in [0.5, 0.6) is 0 Å². The van der Waals surface area contributed by atoms with Crippen molar-refractivity contribution >= 4 is 15.9 Å². The Morgan fingerprint density at radius 1 is 1.15 bits per heavy atom. The van der Waals surface area contributed by atoms with Gasteiger partial charge >= 0.3 is 0 Å². The van der Waals surface area contributed by atoms with Crippen molar-refractivity contribution in [2.24, 2.45) is 5.92 Å². The molecule has 1 aromatic carbocycles. The SMILES string of the molecule is Cc1ccc(C)c(S(=O)(=O)N2CCN(CC(=O)N(C)CC3CC3)CC2)c1. The topological polar surface area (TPSA) is 60.9 Å². The Hall–Kier alpha value is -1.44.